The number of nitrogen functional groups attached to an aromatic ring is 1. The molecule has 4 nitrogen and oxygen atoms in total. The molecule has 1 saturated carbocycles. The molecule has 0 saturated heterocycles. The number of imidazole rings is 1. The van der Waals surface area contributed by atoms with Gasteiger partial charge in [0, 0.05) is 12.2 Å². The topological polar surface area (TPSA) is 56.7 Å². The lowest BCUT2D eigenvalue weighted by Crippen LogP contribution is -2.06. The van der Waals surface area contributed by atoms with Gasteiger partial charge in [-0.05, 0) is 37.3 Å². The van der Waals surface area contributed by atoms with Gasteiger partial charge < -0.3 is 5.73 Å². The Hall–Kier alpha value is -1.58. The van der Waals surface area contributed by atoms with Gasteiger partial charge in [-0.1, -0.05) is 6.92 Å². The molecule has 0 spiro atoms. The maximum Gasteiger partial charge on any atom is 0.202 e. The Bertz CT molecular complexity index is 543. The van der Waals surface area contributed by atoms with Crippen molar-refractivity contribution in [1.29, 1.82) is 0 Å². The van der Waals surface area contributed by atoms with E-state index in [-0.39, 0.29) is 0 Å². The highest BCUT2D eigenvalue weighted by molar-refractivity contribution is 5.74. The number of nitrogens with zero attached hydrogens (tertiary/aromatic N) is 3. The lowest BCUT2D eigenvalue weighted by molar-refractivity contribution is 0.609. The number of rotatable bonds is 2. The minimum atomic E-state index is 0.590. The largest absolute Gasteiger partial charge is 0.369 e. The van der Waals surface area contributed by atoms with E-state index in [4.69, 9.17) is 5.73 Å². The zero-order valence-electron chi connectivity index (χ0n) is 9.64. The first-order valence-corrected chi connectivity index (χ1v) is 5.74. The van der Waals surface area contributed by atoms with E-state index in [1.54, 1.807) is 0 Å². The fourth-order valence-corrected chi connectivity index (χ4v) is 2.18. The number of aryl methyl sites for hydroxylation is 1. The van der Waals surface area contributed by atoms with E-state index in [9.17, 15) is 0 Å². The molecule has 16 heavy (non-hydrogen) atoms. The minimum absolute atomic E-state index is 0.590. The Morgan fingerprint density at radius 3 is 2.88 bits per heavy atom. The molecule has 0 radical (unpaired) electrons. The second kappa shape index (κ2) is 3.20. The van der Waals surface area contributed by atoms with Gasteiger partial charge in [-0.25, -0.2) is 9.97 Å². The fourth-order valence-electron chi connectivity index (χ4n) is 2.18. The number of aromatic nitrogens is 3. The monoisotopic (exact) mass is 216 g/mol. The normalized spacial score (nSPS) is 23.9. The third-order valence-electron chi connectivity index (χ3n) is 3.45. The van der Waals surface area contributed by atoms with Crippen LogP contribution in [0.1, 0.15) is 19.0 Å². The third-order valence-corrected chi connectivity index (χ3v) is 3.45. The molecule has 0 bridgehead atoms. The van der Waals surface area contributed by atoms with Crippen LogP contribution in [-0.4, -0.2) is 14.5 Å². The number of fused-ring (bicyclic) bond motifs is 1. The number of hydrogen-bond donors (Lipinski definition) is 1. The Morgan fingerprint density at radius 1 is 1.44 bits per heavy atom. The molecule has 2 N–H and O–H groups in total. The minimum Gasteiger partial charge on any atom is -0.369 e. The molecule has 2 atom stereocenters. The lowest BCUT2D eigenvalue weighted by atomic mass is 10.3. The molecule has 4 heteroatoms. The number of pyridine rings is 1. The summed E-state index contributed by atoms with van der Waals surface area (Å²) in [6, 6.07) is 3.96. The van der Waals surface area contributed by atoms with Crippen molar-refractivity contribution in [3.05, 3.63) is 17.8 Å². The van der Waals surface area contributed by atoms with Crippen LogP contribution in [0.15, 0.2) is 12.1 Å². The van der Waals surface area contributed by atoms with Gasteiger partial charge in [-0.3, -0.25) is 4.57 Å². The van der Waals surface area contributed by atoms with Crippen LogP contribution in [0.4, 0.5) is 5.95 Å². The highest BCUT2D eigenvalue weighted by atomic mass is 15.2. The van der Waals surface area contributed by atoms with E-state index >= 15 is 0 Å². The summed E-state index contributed by atoms with van der Waals surface area (Å²) in [5.41, 5.74) is 8.78. The third kappa shape index (κ3) is 1.45. The van der Waals surface area contributed by atoms with Crippen LogP contribution in [0.3, 0.4) is 0 Å². The highest BCUT2D eigenvalue weighted by Crippen LogP contribution is 2.39. The number of anilines is 1. The van der Waals surface area contributed by atoms with E-state index in [1.165, 1.54) is 6.42 Å². The molecule has 2 aromatic heterocycles. The smallest absolute Gasteiger partial charge is 0.202 e. The number of nitrogens with two attached hydrogens (primary N) is 1. The van der Waals surface area contributed by atoms with Gasteiger partial charge in [0.1, 0.15) is 5.52 Å². The summed E-state index contributed by atoms with van der Waals surface area (Å²) in [6.45, 7) is 5.23. The zero-order chi connectivity index (χ0) is 11.3. The van der Waals surface area contributed by atoms with Crippen LogP contribution in [0.25, 0.3) is 11.2 Å². The van der Waals surface area contributed by atoms with E-state index < -0.39 is 0 Å². The fraction of sp³-hybridized carbons (Fsp3) is 0.500. The summed E-state index contributed by atoms with van der Waals surface area (Å²) in [5, 5.41) is 0. The van der Waals surface area contributed by atoms with Gasteiger partial charge in [0.2, 0.25) is 5.95 Å². The summed E-state index contributed by atoms with van der Waals surface area (Å²) in [4.78, 5) is 8.86. The molecule has 0 amide bonds. The van der Waals surface area contributed by atoms with E-state index in [0.717, 1.165) is 35.2 Å². The molecular formula is C12H16N4. The van der Waals surface area contributed by atoms with Crippen molar-refractivity contribution >= 4 is 17.1 Å². The summed E-state index contributed by atoms with van der Waals surface area (Å²) < 4.78 is 2.05. The first kappa shape index (κ1) is 9.63. The van der Waals surface area contributed by atoms with Gasteiger partial charge in [0.25, 0.3) is 0 Å². The average molecular weight is 216 g/mol. The second-order valence-corrected chi connectivity index (χ2v) is 4.85. The van der Waals surface area contributed by atoms with Crippen molar-refractivity contribution in [2.75, 3.05) is 5.73 Å². The number of hydrogen-bond acceptors (Lipinski definition) is 3. The van der Waals surface area contributed by atoms with Crippen LogP contribution >= 0.6 is 0 Å². The van der Waals surface area contributed by atoms with Crippen molar-refractivity contribution < 1.29 is 0 Å². The molecule has 0 aromatic carbocycles. The standard InChI is InChI=1S/C12H16N4/c1-7-5-9(7)6-16-11-10(15-12(16)13)4-3-8(2)14-11/h3-4,7,9H,5-6H2,1-2H3,(H2,13,15). The zero-order valence-corrected chi connectivity index (χ0v) is 9.64. The summed E-state index contributed by atoms with van der Waals surface area (Å²) in [6.07, 6.45) is 1.30. The first-order valence-electron chi connectivity index (χ1n) is 5.74. The lowest BCUT2D eigenvalue weighted by Gasteiger charge is -2.04. The molecule has 1 fully saturated rings. The molecule has 2 unspecified atom stereocenters. The van der Waals surface area contributed by atoms with E-state index in [1.807, 2.05) is 19.1 Å². The first-order chi connectivity index (χ1) is 7.65. The van der Waals surface area contributed by atoms with Crippen molar-refractivity contribution in [3.8, 4) is 0 Å². The Balaban J connectivity index is 2.07. The van der Waals surface area contributed by atoms with Gasteiger partial charge >= 0.3 is 0 Å². The van der Waals surface area contributed by atoms with Gasteiger partial charge in [0.15, 0.2) is 5.65 Å². The van der Waals surface area contributed by atoms with Crippen molar-refractivity contribution in [2.45, 2.75) is 26.8 Å². The SMILES string of the molecule is Cc1ccc2nc(N)n(CC3CC3C)c2n1. The molecule has 1 aliphatic rings. The molecular weight excluding hydrogens is 200 g/mol. The van der Waals surface area contributed by atoms with Crippen molar-refractivity contribution in [2.24, 2.45) is 11.8 Å². The van der Waals surface area contributed by atoms with Gasteiger partial charge in [0.05, 0.1) is 0 Å². The molecule has 84 valence electrons. The van der Waals surface area contributed by atoms with E-state index in [2.05, 4.69) is 21.5 Å². The maximum absolute atomic E-state index is 5.94. The molecule has 1 aliphatic carbocycles. The van der Waals surface area contributed by atoms with Crippen LogP contribution in [0, 0.1) is 18.8 Å². The average Bonchev–Trinajstić information content (AvgIpc) is 2.84. The highest BCUT2D eigenvalue weighted by Gasteiger charge is 2.33. The Kier molecular flexibility index (Phi) is 1.93. The maximum atomic E-state index is 5.94. The summed E-state index contributed by atoms with van der Waals surface area (Å²) in [5.74, 6) is 2.16. The predicted molar refractivity (Wildman–Crippen MR) is 63.9 cm³/mol. The van der Waals surface area contributed by atoms with Crippen LogP contribution in [-0.2, 0) is 6.54 Å². The quantitative estimate of drug-likeness (QED) is 0.835. The van der Waals surface area contributed by atoms with Crippen molar-refractivity contribution in [1.82, 2.24) is 14.5 Å². The molecule has 2 heterocycles. The molecule has 3 rings (SSSR count). The van der Waals surface area contributed by atoms with Crippen LogP contribution in [0.2, 0.25) is 0 Å². The summed E-state index contributed by atoms with van der Waals surface area (Å²) in [7, 11) is 0. The summed E-state index contributed by atoms with van der Waals surface area (Å²) >= 11 is 0. The Morgan fingerprint density at radius 2 is 2.19 bits per heavy atom. The predicted octanol–water partition coefficient (Wildman–Crippen LogP) is 1.98. The molecule has 2 aromatic rings. The van der Waals surface area contributed by atoms with Crippen molar-refractivity contribution in [3.63, 3.8) is 0 Å². The Labute approximate surface area is 94.5 Å². The van der Waals surface area contributed by atoms with E-state index in [0.29, 0.717) is 5.95 Å². The van der Waals surface area contributed by atoms with Gasteiger partial charge in [-0.2, -0.15) is 0 Å². The van der Waals surface area contributed by atoms with Gasteiger partial charge in [-0.15, -0.1) is 0 Å². The second-order valence-electron chi connectivity index (χ2n) is 4.85. The van der Waals surface area contributed by atoms with Crippen LogP contribution < -0.4 is 5.73 Å². The molecule has 0 aliphatic heterocycles. The van der Waals surface area contributed by atoms with Crippen LogP contribution in [0.5, 0.6) is 0 Å².